The van der Waals surface area contributed by atoms with E-state index in [0.29, 0.717) is 40.6 Å². The van der Waals surface area contributed by atoms with E-state index in [-0.39, 0.29) is 61.4 Å². The van der Waals surface area contributed by atoms with Crippen LogP contribution in [0, 0.1) is 5.82 Å². The number of aromatic nitrogens is 1. The Kier molecular flexibility index (Phi) is 12.7. The molecule has 2 aromatic carbocycles. The Labute approximate surface area is 302 Å². The normalized spacial score (nSPS) is 17.6. The molecule has 52 heavy (non-hydrogen) atoms. The number of hydrogen-bond acceptors (Lipinski definition) is 9. The monoisotopic (exact) mass is 745 g/mol. The van der Waals surface area contributed by atoms with E-state index in [1.807, 2.05) is 0 Å². The molecule has 0 radical (unpaired) electrons. The molecule has 4 atom stereocenters. The van der Waals surface area contributed by atoms with Gasteiger partial charge in [0.15, 0.2) is 11.5 Å². The van der Waals surface area contributed by atoms with Gasteiger partial charge in [0.1, 0.15) is 19.0 Å². The van der Waals surface area contributed by atoms with E-state index in [9.17, 15) is 23.1 Å². The van der Waals surface area contributed by atoms with Crippen molar-refractivity contribution in [2.75, 3.05) is 38.4 Å². The Morgan fingerprint density at radius 1 is 1.12 bits per heavy atom. The van der Waals surface area contributed by atoms with Gasteiger partial charge in [-0.25, -0.2) is 9.18 Å². The first-order valence-corrected chi connectivity index (χ1v) is 16.4. The highest BCUT2D eigenvalue weighted by molar-refractivity contribution is 6.30. The Morgan fingerprint density at radius 3 is 2.54 bits per heavy atom. The molecule has 16 heteroatoms. The molecule has 0 bridgehead atoms. The molecule has 1 aromatic heterocycles. The van der Waals surface area contributed by atoms with Crippen LogP contribution >= 0.6 is 11.6 Å². The van der Waals surface area contributed by atoms with Crippen molar-refractivity contribution in [1.82, 2.24) is 20.9 Å². The third-order valence-electron chi connectivity index (χ3n) is 8.30. The number of pyridine rings is 1. The quantitative estimate of drug-likeness (QED) is 0.0692. The van der Waals surface area contributed by atoms with E-state index in [4.69, 9.17) is 30.5 Å². The Morgan fingerprint density at radius 2 is 1.87 bits per heavy atom. The van der Waals surface area contributed by atoms with Gasteiger partial charge in [-0.1, -0.05) is 48.7 Å². The number of ether oxygens (including phenoxy) is 4. The van der Waals surface area contributed by atoms with Gasteiger partial charge >= 0.3 is 12.3 Å². The number of benzene rings is 2. The standard InChI is InChI=1S/C36H36ClF4N5O6/c1-3-28(34(46-35(47)48)33(21-5-8-23(37)9-6-21)22-7-12-30-31(13-22)52-20-51-30)45-29-16-42-15-27(38)26(29)11-10-25-14-43-24(17-49-25)18-50-32(4-2)44-19-36(39,40)41/h5-9,12-13,15-16,24-25,33-34,43-46H,1-2,10-11,14,17-20H2,(H,47,48)/t24-,25+,33-,34+/m0/s1. The predicted molar refractivity (Wildman–Crippen MR) is 184 cm³/mol. The number of nitrogens with zero attached hydrogens (tertiary/aromatic N) is 1. The third kappa shape index (κ3) is 10.2. The molecule has 11 nitrogen and oxygen atoms in total. The van der Waals surface area contributed by atoms with E-state index >= 15 is 4.39 Å². The van der Waals surface area contributed by atoms with E-state index in [2.05, 4.69) is 50.9 Å². The van der Waals surface area contributed by atoms with Crippen molar-refractivity contribution in [1.29, 1.82) is 0 Å². The highest BCUT2D eigenvalue weighted by Gasteiger charge is 2.33. The minimum atomic E-state index is -4.43. The first kappa shape index (κ1) is 38.1. The van der Waals surface area contributed by atoms with Crippen LogP contribution in [0.2, 0.25) is 5.02 Å². The zero-order valence-electron chi connectivity index (χ0n) is 27.7. The number of morpholine rings is 1. The Balaban J connectivity index is 1.30. The zero-order valence-corrected chi connectivity index (χ0v) is 28.5. The lowest BCUT2D eigenvalue weighted by Gasteiger charge is -2.31. The van der Waals surface area contributed by atoms with Gasteiger partial charge in [0, 0.05) is 23.0 Å². The molecule has 0 saturated carbocycles. The van der Waals surface area contributed by atoms with Gasteiger partial charge in [-0.3, -0.25) is 4.98 Å². The van der Waals surface area contributed by atoms with E-state index in [1.54, 1.807) is 42.5 Å². The molecule has 0 spiro atoms. The lowest BCUT2D eigenvalue weighted by atomic mass is 9.83. The molecule has 0 aliphatic carbocycles. The van der Waals surface area contributed by atoms with Crippen molar-refractivity contribution in [3.63, 3.8) is 0 Å². The molecule has 2 aliphatic heterocycles. The molecule has 3 heterocycles. The van der Waals surface area contributed by atoms with Crippen molar-refractivity contribution < 1.29 is 46.4 Å². The number of carbonyl (C=O) groups is 1. The summed E-state index contributed by atoms with van der Waals surface area (Å²) in [4.78, 5) is 16.3. The van der Waals surface area contributed by atoms with Gasteiger partial charge in [-0.15, -0.1) is 5.73 Å². The topological polar surface area (TPSA) is 135 Å². The Hall–Kier alpha value is -5.17. The summed E-state index contributed by atoms with van der Waals surface area (Å²) >= 11 is 6.19. The molecule has 5 rings (SSSR count). The SMILES string of the molecule is C=C=C(NCC(F)(F)F)OC[C@@H]1CO[C@H](CCc2c(F)cncc2NC(=C=C)[C@@H](NC(=O)O)[C@@H](c2ccc(Cl)cc2)c2ccc3c(c2)OCO3)CN1. The minimum Gasteiger partial charge on any atom is -0.472 e. The predicted octanol–water partition coefficient (Wildman–Crippen LogP) is 6.24. The van der Waals surface area contributed by atoms with Crippen LogP contribution in [0.15, 0.2) is 91.1 Å². The third-order valence-corrected chi connectivity index (χ3v) is 8.55. The number of rotatable bonds is 15. The van der Waals surface area contributed by atoms with Gasteiger partial charge in [0.25, 0.3) is 0 Å². The van der Waals surface area contributed by atoms with Crippen LogP contribution in [-0.4, -0.2) is 73.6 Å². The number of amides is 1. The second-order valence-corrected chi connectivity index (χ2v) is 12.3. The smallest absolute Gasteiger partial charge is 0.405 e. The summed E-state index contributed by atoms with van der Waals surface area (Å²) in [7, 11) is 0. The number of fused-ring (bicyclic) bond motifs is 1. The first-order valence-electron chi connectivity index (χ1n) is 16.1. The van der Waals surface area contributed by atoms with Crippen LogP contribution in [0.5, 0.6) is 11.5 Å². The fourth-order valence-corrected chi connectivity index (χ4v) is 5.93. The summed E-state index contributed by atoms with van der Waals surface area (Å²) in [6.07, 6.45) is -2.98. The molecule has 0 unspecified atom stereocenters. The van der Waals surface area contributed by atoms with Gasteiger partial charge < -0.3 is 45.3 Å². The summed E-state index contributed by atoms with van der Waals surface area (Å²) in [5.41, 5.74) is 7.24. The minimum absolute atomic E-state index is 0.00790. The maximum Gasteiger partial charge on any atom is 0.405 e. The summed E-state index contributed by atoms with van der Waals surface area (Å²) in [6.45, 7) is 6.49. The first-order chi connectivity index (χ1) is 24.9. The van der Waals surface area contributed by atoms with Crippen LogP contribution < -0.4 is 30.7 Å². The van der Waals surface area contributed by atoms with E-state index < -0.39 is 36.6 Å². The number of alkyl halides is 3. The Bertz CT molecular complexity index is 1820. The van der Waals surface area contributed by atoms with Gasteiger partial charge in [0.2, 0.25) is 12.7 Å². The molecule has 276 valence electrons. The van der Waals surface area contributed by atoms with Crippen molar-refractivity contribution in [3.8, 4) is 11.5 Å². The zero-order chi connectivity index (χ0) is 37.3. The van der Waals surface area contributed by atoms with Crippen molar-refractivity contribution in [2.45, 2.75) is 43.1 Å². The molecule has 1 fully saturated rings. The second-order valence-electron chi connectivity index (χ2n) is 11.8. The highest BCUT2D eigenvalue weighted by Crippen LogP contribution is 2.39. The average molecular weight is 746 g/mol. The largest absolute Gasteiger partial charge is 0.472 e. The van der Waals surface area contributed by atoms with Crippen LogP contribution in [0.4, 0.5) is 28.0 Å². The van der Waals surface area contributed by atoms with Crippen molar-refractivity contribution in [3.05, 3.63) is 119 Å². The van der Waals surface area contributed by atoms with E-state index in [0.717, 1.165) is 6.20 Å². The van der Waals surface area contributed by atoms with Crippen molar-refractivity contribution in [2.24, 2.45) is 0 Å². The van der Waals surface area contributed by atoms with Crippen LogP contribution in [0.3, 0.4) is 0 Å². The summed E-state index contributed by atoms with van der Waals surface area (Å²) in [5.74, 6) is -0.438. The summed E-state index contributed by atoms with van der Waals surface area (Å²) in [6, 6.07) is 10.9. The average Bonchev–Trinajstić information content (AvgIpc) is 3.59. The highest BCUT2D eigenvalue weighted by atomic mass is 35.5. The van der Waals surface area contributed by atoms with Crippen LogP contribution in [0.1, 0.15) is 29.0 Å². The number of carboxylic acid groups (broad SMARTS) is 1. The fraction of sp³-hybridized carbons (Fsp3) is 0.333. The van der Waals surface area contributed by atoms with Gasteiger partial charge in [-0.2, -0.15) is 13.2 Å². The molecule has 3 aromatic rings. The fourth-order valence-electron chi connectivity index (χ4n) is 5.80. The van der Waals surface area contributed by atoms with E-state index in [1.165, 1.54) is 6.20 Å². The lowest BCUT2D eigenvalue weighted by molar-refractivity contribution is -0.125. The molecule has 1 saturated heterocycles. The molecule has 1 amide bonds. The molecule has 5 N–H and O–H groups in total. The van der Waals surface area contributed by atoms with Gasteiger partial charge in [0.05, 0.1) is 48.6 Å². The number of halogens is 5. The lowest BCUT2D eigenvalue weighted by Crippen LogP contribution is -2.49. The number of hydrogen-bond donors (Lipinski definition) is 5. The summed E-state index contributed by atoms with van der Waals surface area (Å²) < 4.78 is 75.3. The maximum absolute atomic E-state index is 15.4. The molecular formula is C36H36ClF4N5O6. The summed E-state index contributed by atoms with van der Waals surface area (Å²) in [5, 5.41) is 21.5. The molecular weight excluding hydrogens is 710 g/mol. The van der Waals surface area contributed by atoms with Crippen LogP contribution in [-0.2, 0) is 15.9 Å². The number of nitrogens with one attached hydrogen (secondary N) is 4. The maximum atomic E-state index is 15.4. The molecule has 2 aliphatic rings. The number of anilines is 1. The van der Waals surface area contributed by atoms with Crippen LogP contribution in [0.25, 0.3) is 0 Å². The second kappa shape index (κ2) is 17.4. The van der Waals surface area contributed by atoms with Gasteiger partial charge in [-0.05, 0) is 48.2 Å². The van der Waals surface area contributed by atoms with Crippen molar-refractivity contribution >= 4 is 23.4 Å².